The van der Waals surface area contributed by atoms with Crippen molar-refractivity contribution >= 4 is 22.2 Å². The minimum atomic E-state index is 0.302. The van der Waals surface area contributed by atoms with Crippen molar-refractivity contribution in [1.82, 2.24) is 14.4 Å². The van der Waals surface area contributed by atoms with Crippen LogP contribution in [0.4, 0.5) is 5.69 Å². The maximum Gasteiger partial charge on any atom is 0.140 e. The number of fused-ring (bicyclic) bond motifs is 2. The summed E-state index contributed by atoms with van der Waals surface area (Å²) in [6, 6.07) is 14.8. The molecule has 1 aliphatic heterocycles. The summed E-state index contributed by atoms with van der Waals surface area (Å²) in [5.74, 6) is 0.777. The van der Waals surface area contributed by atoms with Crippen LogP contribution in [0.5, 0.6) is 5.75 Å². The standard InChI is InChI=1S/C24H27N5O2/c1-30-13-14-31-19-9-12-29-22(16-26-23(29)15-19)20-6-5-17-3-2-4-21(24(17)27-20)28-10-7-18(25)8-11-28/h2-6,9,12,15-16,18H,7-8,10-11,13-14,25H2,1H3. The van der Waals surface area contributed by atoms with Gasteiger partial charge in [0.25, 0.3) is 0 Å². The van der Waals surface area contributed by atoms with Crippen LogP contribution in [0.1, 0.15) is 12.8 Å². The molecule has 0 spiro atoms. The topological polar surface area (TPSA) is 77.9 Å². The summed E-state index contributed by atoms with van der Waals surface area (Å²) in [7, 11) is 1.66. The zero-order valence-corrected chi connectivity index (χ0v) is 17.7. The first-order valence-electron chi connectivity index (χ1n) is 10.7. The number of imidazole rings is 1. The first kappa shape index (κ1) is 19.8. The lowest BCUT2D eigenvalue weighted by atomic mass is 10.0. The van der Waals surface area contributed by atoms with Gasteiger partial charge in [0.1, 0.15) is 18.0 Å². The fraction of sp³-hybridized carbons (Fsp3) is 0.333. The van der Waals surface area contributed by atoms with Crippen molar-refractivity contribution in [2.24, 2.45) is 5.73 Å². The van der Waals surface area contributed by atoms with Crippen molar-refractivity contribution < 1.29 is 9.47 Å². The Hall–Kier alpha value is -3.16. The number of aromatic nitrogens is 3. The molecule has 160 valence electrons. The molecule has 5 rings (SSSR count). The molecule has 1 saturated heterocycles. The lowest BCUT2D eigenvalue weighted by Gasteiger charge is -2.32. The minimum Gasteiger partial charge on any atom is -0.491 e. The fourth-order valence-electron chi connectivity index (χ4n) is 4.15. The van der Waals surface area contributed by atoms with Crippen LogP contribution in [-0.4, -0.2) is 53.8 Å². The van der Waals surface area contributed by atoms with Crippen LogP contribution < -0.4 is 15.4 Å². The number of pyridine rings is 2. The zero-order valence-electron chi connectivity index (χ0n) is 17.7. The summed E-state index contributed by atoms with van der Waals surface area (Å²) in [5.41, 5.74) is 11.0. The molecule has 1 aromatic carbocycles. The number of para-hydroxylation sites is 1. The third-order valence-corrected chi connectivity index (χ3v) is 5.88. The third kappa shape index (κ3) is 3.94. The number of nitrogens with zero attached hydrogens (tertiary/aromatic N) is 4. The molecule has 0 amide bonds. The molecule has 31 heavy (non-hydrogen) atoms. The van der Waals surface area contributed by atoms with Gasteiger partial charge in [0.15, 0.2) is 0 Å². The molecule has 1 fully saturated rings. The second-order valence-electron chi connectivity index (χ2n) is 7.95. The maximum atomic E-state index is 6.11. The van der Waals surface area contributed by atoms with Gasteiger partial charge in [-0.15, -0.1) is 0 Å². The Labute approximate surface area is 181 Å². The fourth-order valence-corrected chi connectivity index (χ4v) is 4.15. The summed E-state index contributed by atoms with van der Waals surface area (Å²) in [5, 5.41) is 1.14. The highest BCUT2D eigenvalue weighted by Gasteiger charge is 2.19. The largest absolute Gasteiger partial charge is 0.491 e. The van der Waals surface area contributed by atoms with Gasteiger partial charge in [-0.2, -0.15) is 0 Å². The molecule has 4 aromatic rings. The van der Waals surface area contributed by atoms with Gasteiger partial charge in [0, 0.05) is 43.9 Å². The van der Waals surface area contributed by atoms with Gasteiger partial charge in [0.05, 0.1) is 35.4 Å². The van der Waals surface area contributed by atoms with Crippen molar-refractivity contribution in [1.29, 1.82) is 0 Å². The van der Waals surface area contributed by atoms with E-state index in [9.17, 15) is 0 Å². The highest BCUT2D eigenvalue weighted by atomic mass is 16.5. The highest BCUT2D eigenvalue weighted by Crippen LogP contribution is 2.30. The minimum absolute atomic E-state index is 0.302. The number of benzene rings is 1. The van der Waals surface area contributed by atoms with Crippen LogP contribution in [0.2, 0.25) is 0 Å². The van der Waals surface area contributed by atoms with Gasteiger partial charge >= 0.3 is 0 Å². The molecule has 0 aliphatic carbocycles. The number of anilines is 1. The van der Waals surface area contributed by atoms with Crippen LogP contribution >= 0.6 is 0 Å². The van der Waals surface area contributed by atoms with E-state index in [1.165, 1.54) is 5.69 Å². The van der Waals surface area contributed by atoms with Crippen molar-refractivity contribution in [2.45, 2.75) is 18.9 Å². The molecular formula is C24H27N5O2. The van der Waals surface area contributed by atoms with Crippen molar-refractivity contribution in [3.05, 3.63) is 54.9 Å². The van der Waals surface area contributed by atoms with Crippen LogP contribution in [0, 0.1) is 0 Å². The average molecular weight is 418 g/mol. The molecule has 1 aliphatic rings. The lowest BCUT2D eigenvalue weighted by Crippen LogP contribution is -2.39. The van der Waals surface area contributed by atoms with Crippen LogP contribution in [-0.2, 0) is 4.74 Å². The number of ether oxygens (including phenoxy) is 2. The van der Waals surface area contributed by atoms with E-state index in [2.05, 4.69) is 40.2 Å². The van der Waals surface area contributed by atoms with E-state index in [0.717, 1.165) is 59.6 Å². The SMILES string of the molecule is COCCOc1ccn2c(-c3ccc4cccc(N5CCC(N)CC5)c4n3)cnc2c1. The van der Waals surface area contributed by atoms with Crippen molar-refractivity contribution in [3.63, 3.8) is 0 Å². The normalized spacial score (nSPS) is 15.1. The molecule has 0 atom stereocenters. The zero-order chi connectivity index (χ0) is 21.2. The van der Waals surface area contributed by atoms with E-state index in [1.807, 2.05) is 28.9 Å². The molecule has 7 nitrogen and oxygen atoms in total. The van der Waals surface area contributed by atoms with Gasteiger partial charge in [-0.1, -0.05) is 18.2 Å². The summed E-state index contributed by atoms with van der Waals surface area (Å²) in [4.78, 5) is 12.0. The first-order chi connectivity index (χ1) is 15.2. The Kier molecular flexibility index (Phi) is 5.44. The Morgan fingerprint density at radius 2 is 1.97 bits per heavy atom. The third-order valence-electron chi connectivity index (χ3n) is 5.88. The number of nitrogens with two attached hydrogens (primary N) is 1. The van der Waals surface area contributed by atoms with Crippen molar-refractivity contribution in [3.8, 4) is 17.1 Å². The Morgan fingerprint density at radius 1 is 1.10 bits per heavy atom. The predicted octanol–water partition coefficient (Wildman–Crippen LogP) is 3.50. The Balaban J connectivity index is 1.50. The quantitative estimate of drug-likeness (QED) is 0.484. The molecular weight excluding hydrogens is 390 g/mol. The molecule has 0 bridgehead atoms. The van der Waals surface area contributed by atoms with E-state index in [-0.39, 0.29) is 0 Å². The average Bonchev–Trinajstić information content (AvgIpc) is 3.22. The van der Waals surface area contributed by atoms with Crippen molar-refractivity contribution in [2.75, 3.05) is 38.3 Å². The Bertz CT molecular complexity index is 1200. The van der Waals surface area contributed by atoms with Gasteiger partial charge < -0.3 is 20.1 Å². The van der Waals surface area contributed by atoms with Gasteiger partial charge in [-0.05, 0) is 31.0 Å². The second kappa shape index (κ2) is 8.53. The molecule has 0 unspecified atom stereocenters. The van der Waals surface area contributed by atoms with Crippen LogP contribution in [0.3, 0.4) is 0 Å². The summed E-state index contributed by atoms with van der Waals surface area (Å²) in [6.45, 7) is 3.00. The van der Waals surface area contributed by atoms with Gasteiger partial charge in [0.2, 0.25) is 0 Å². The molecule has 2 N–H and O–H groups in total. The van der Waals surface area contributed by atoms with Crippen LogP contribution in [0.25, 0.3) is 27.9 Å². The predicted molar refractivity (Wildman–Crippen MR) is 123 cm³/mol. The van der Waals surface area contributed by atoms with E-state index in [1.54, 1.807) is 7.11 Å². The lowest BCUT2D eigenvalue weighted by molar-refractivity contribution is 0.146. The second-order valence-corrected chi connectivity index (χ2v) is 7.95. The monoisotopic (exact) mass is 417 g/mol. The molecule has 3 aromatic heterocycles. The van der Waals surface area contributed by atoms with E-state index < -0.39 is 0 Å². The number of methoxy groups -OCH3 is 1. The highest BCUT2D eigenvalue weighted by molar-refractivity contribution is 5.92. The summed E-state index contributed by atoms with van der Waals surface area (Å²) >= 11 is 0. The summed E-state index contributed by atoms with van der Waals surface area (Å²) in [6.07, 6.45) is 5.87. The number of piperidine rings is 1. The van der Waals surface area contributed by atoms with E-state index in [4.69, 9.17) is 20.2 Å². The summed E-state index contributed by atoms with van der Waals surface area (Å²) < 4.78 is 12.8. The number of hydrogen-bond acceptors (Lipinski definition) is 6. The smallest absolute Gasteiger partial charge is 0.140 e. The van der Waals surface area contributed by atoms with E-state index >= 15 is 0 Å². The first-order valence-corrected chi connectivity index (χ1v) is 10.7. The maximum absolute atomic E-state index is 6.11. The van der Waals surface area contributed by atoms with E-state index in [0.29, 0.717) is 19.3 Å². The van der Waals surface area contributed by atoms with Gasteiger partial charge in [-0.25, -0.2) is 9.97 Å². The number of hydrogen-bond donors (Lipinski definition) is 1. The van der Waals surface area contributed by atoms with Crippen LogP contribution in [0.15, 0.2) is 54.9 Å². The van der Waals surface area contributed by atoms with Gasteiger partial charge in [-0.3, -0.25) is 4.40 Å². The molecule has 0 radical (unpaired) electrons. The molecule has 0 saturated carbocycles. The number of rotatable bonds is 6. The Morgan fingerprint density at radius 3 is 2.81 bits per heavy atom. The molecule has 4 heterocycles. The molecule has 7 heteroatoms.